The molecule has 0 spiro atoms. The fourth-order valence-electron chi connectivity index (χ4n) is 1.84. The summed E-state index contributed by atoms with van der Waals surface area (Å²) in [6.07, 6.45) is -2.59. The van der Waals surface area contributed by atoms with Crippen molar-refractivity contribution in [2.45, 2.75) is 32.5 Å². The molecular weight excluding hydrogens is 255 g/mol. The Morgan fingerprint density at radius 1 is 1.26 bits per heavy atom. The average Bonchev–Trinajstić information content (AvgIpc) is 2.37. The number of nitrogens with one attached hydrogen (secondary N) is 1. The van der Waals surface area contributed by atoms with Crippen molar-refractivity contribution in [1.82, 2.24) is 5.32 Å². The Bertz CT molecular complexity index is 379. The van der Waals surface area contributed by atoms with Crippen LogP contribution in [0.4, 0.5) is 13.2 Å². The number of hydrogen-bond donors (Lipinski definition) is 2. The number of halogens is 3. The molecule has 0 bridgehead atoms. The summed E-state index contributed by atoms with van der Waals surface area (Å²) in [7, 11) is 0. The smallest absolute Gasteiger partial charge is 0.396 e. The Hall–Kier alpha value is -1.07. The molecule has 108 valence electrons. The first-order chi connectivity index (χ1) is 8.95. The third kappa shape index (κ3) is 5.61. The topological polar surface area (TPSA) is 32.3 Å². The van der Waals surface area contributed by atoms with E-state index in [-0.39, 0.29) is 24.6 Å². The molecule has 1 aromatic carbocycles. The van der Waals surface area contributed by atoms with Crippen molar-refractivity contribution in [2.75, 3.05) is 13.2 Å². The number of alkyl halides is 3. The first-order valence-electron chi connectivity index (χ1n) is 6.42. The van der Waals surface area contributed by atoms with E-state index in [1.165, 1.54) is 12.1 Å². The molecule has 2 nitrogen and oxygen atoms in total. The lowest BCUT2D eigenvalue weighted by Crippen LogP contribution is -2.19. The van der Waals surface area contributed by atoms with Crippen LogP contribution < -0.4 is 5.32 Å². The molecule has 0 aromatic heterocycles. The van der Waals surface area contributed by atoms with Crippen LogP contribution >= 0.6 is 0 Å². The largest absolute Gasteiger partial charge is 0.416 e. The van der Waals surface area contributed by atoms with Crippen LogP contribution in [0.5, 0.6) is 0 Å². The van der Waals surface area contributed by atoms with Gasteiger partial charge >= 0.3 is 6.18 Å². The summed E-state index contributed by atoms with van der Waals surface area (Å²) in [6, 6.07) is 5.60. The normalized spacial score (nSPS) is 13.5. The minimum Gasteiger partial charge on any atom is -0.396 e. The minimum atomic E-state index is -4.30. The maximum atomic E-state index is 12.7. The van der Waals surface area contributed by atoms with Gasteiger partial charge in [-0.25, -0.2) is 0 Å². The third-order valence-electron chi connectivity index (χ3n) is 3.00. The number of hydrogen-bond acceptors (Lipinski definition) is 2. The van der Waals surface area contributed by atoms with E-state index in [0.29, 0.717) is 6.54 Å². The van der Waals surface area contributed by atoms with Crippen LogP contribution in [0.1, 0.15) is 30.9 Å². The van der Waals surface area contributed by atoms with E-state index in [2.05, 4.69) is 5.32 Å². The van der Waals surface area contributed by atoms with Crippen molar-refractivity contribution in [3.63, 3.8) is 0 Å². The Balaban J connectivity index is 2.42. The van der Waals surface area contributed by atoms with Gasteiger partial charge < -0.3 is 10.4 Å². The van der Waals surface area contributed by atoms with Gasteiger partial charge in [0.05, 0.1) is 5.56 Å². The number of rotatable bonds is 7. The van der Waals surface area contributed by atoms with E-state index in [0.717, 1.165) is 18.9 Å². The SMILES string of the molecule is CC(CO)CCCNCc1ccccc1C(F)(F)F. The Morgan fingerprint density at radius 3 is 2.58 bits per heavy atom. The van der Waals surface area contributed by atoms with E-state index in [1.807, 2.05) is 6.92 Å². The molecule has 1 atom stereocenters. The zero-order chi connectivity index (χ0) is 14.3. The van der Waals surface area contributed by atoms with Crippen molar-refractivity contribution < 1.29 is 18.3 Å². The summed E-state index contributed by atoms with van der Waals surface area (Å²) in [5.41, 5.74) is -0.309. The molecule has 0 aliphatic heterocycles. The average molecular weight is 275 g/mol. The summed E-state index contributed by atoms with van der Waals surface area (Å²) in [5.74, 6) is 0.240. The predicted octanol–water partition coefficient (Wildman–Crippen LogP) is 3.20. The molecule has 5 heteroatoms. The van der Waals surface area contributed by atoms with Crippen LogP contribution in [-0.2, 0) is 12.7 Å². The second-order valence-corrected chi connectivity index (χ2v) is 4.76. The summed E-state index contributed by atoms with van der Waals surface area (Å²) >= 11 is 0. The summed E-state index contributed by atoms with van der Waals surface area (Å²) < 4.78 is 38.2. The van der Waals surface area contributed by atoms with Gasteiger partial charge in [-0.1, -0.05) is 25.1 Å². The summed E-state index contributed by atoms with van der Waals surface area (Å²) in [6.45, 7) is 2.95. The molecule has 0 saturated heterocycles. The lowest BCUT2D eigenvalue weighted by Gasteiger charge is -2.13. The maximum Gasteiger partial charge on any atom is 0.416 e. The van der Waals surface area contributed by atoms with Crippen LogP contribution in [0.3, 0.4) is 0 Å². The predicted molar refractivity (Wildman–Crippen MR) is 68.6 cm³/mol. The second kappa shape index (κ2) is 7.50. The van der Waals surface area contributed by atoms with Crippen molar-refractivity contribution >= 4 is 0 Å². The van der Waals surface area contributed by atoms with Crippen molar-refractivity contribution in [2.24, 2.45) is 5.92 Å². The molecule has 1 rings (SSSR count). The van der Waals surface area contributed by atoms with Gasteiger partial charge in [0, 0.05) is 13.2 Å². The highest BCUT2D eigenvalue weighted by Crippen LogP contribution is 2.31. The van der Waals surface area contributed by atoms with Gasteiger partial charge in [0.1, 0.15) is 0 Å². The first kappa shape index (κ1) is 16.0. The van der Waals surface area contributed by atoms with E-state index in [1.54, 1.807) is 6.07 Å². The summed E-state index contributed by atoms with van der Waals surface area (Å²) in [4.78, 5) is 0. The zero-order valence-electron chi connectivity index (χ0n) is 11.0. The maximum absolute atomic E-state index is 12.7. The third-order valence-corrected chi connectivity index (χ3v) is 3.00. The quantitative estimate of drug-likeness (QED) is 0.749. The molecule has 0 amide bonds. The Labute approximate surface area is 111 Å². The molecule has 0 aliphatic rings. The van der Waals surface area contributed by atoms with Crippen molar-refractivity contribution in [3.05, 3.63) is 35.4 Å². The minimum absolute atomic E-state index is 0.150. The van der Waals surface area contributed by atoms with E-state index in [9.17, 15) is 13.2 Å². The lowest BCUT2D eigenvalue weighted by molar-refractivity contribution is -0.138. The van der Waals surface area contributed by atoms with Gasteiger partial charge in [-0.2, -0.15) is 13.2 Å². The number of aliphatic hydroxyl groups excluding tert-OH is 1. The van der Waals surface area contributed by atoms with Gasteiger partial charge in [-0.05, 0) is 36.9 Å². The highest BCUT2D eigenvalue weighted by Gasteiger charge is 2.32. The van der Waals surface area contributed by atoms with Crippen LogP contribution in [0.2, 0.25) is 0 Å². The van der Waals surface area contributed by atoms with Crippen LogP contribution in [0.25, 0.3) is 0 Å². The van der Waals surface area contributed by atoms with Gasteiger partial charge in [0.2, 0.25) is 0 Å². The van der Waals surface area contributed by atoms with Crippen molar-refractivity contribution in [1.29, 1.82) is 0 Å². The van der Waals surface area contributed by atoms with E-state index >= 15 is 0 Å². The van der Waals surface area contributed by atoms with Crippen LogP contribution in [-0.4, -0.2) is 18.3 Å². The second-order valence-electron chi connectivity index (χ2n) is 4.76. The molecule has 19 heavy (non-hydrogen) atoms. The highest BCUT2D eigenvalue weighted by molar-refractivity contribution is 5.29. The van der Waals surface area contributed by atoms with Crippen molar-refractivity contribution in [3.8, 4) is 0 Å². The molecule has 2 N–H and O–H groups in total. The molecular formula is C14H20F3NO. The number of aliphatic hydroxyl groups is 1. The molecule has 0 aliphatic carbocycles. The fraction of sp³-hybridized carbons (Fsp3) is 0.571. The molecule has 0 saturated carbocycles. The standard InChI is InChI=1S/C14H20F3NO/c1-11(10-19)5-4-8-18-9-12-6-2-3-7-13(12)14(15,16)17/h2-3,6-7,11,18-19H,4-5,8-10H2,1H3. The highest BCUT2D eigenvalue weighted by atomic mass is 19.4. The van der Waals surface area contributed by atoms with E-state index in [4.69, 9.17) is 5.11 Å². The molecule has 0 radical (unpaired) electrons. The van der Waals surface area contributed by atoms with Gasteiger partial charge in [-0.15, -0.1) is 0 Å². The molecule has 0 heterocycles. The molecule has 0 fully saturated rings. The van der Waals surface area contributed by atoms with Gasteiger partial charge in [0.25, 0.3) is 0 Å². The Morgan fingerprint density at radius 2 is 1.95 bits per heavy atom. The fourth-order valence-corrected chi connectivity index (χ4v) is 1.84. The Kier molecular flexibility index (Phi) is 6.31. The zero-order valence-corrected chi connectivity index (χ0v) is 11.0. The van der Waals surface area contributed by atoms with Crippen LogP contribution in [0.15, 0.2) is 24.3 Å². The van der Waals surface area contributed by atoms with E-state index < -0.39 is 11.7 Å². The first-order valence-corrected chi connectivity index (χ1v) is 6.42. The van der Waals surface area contributed by atoms with Gasteiger partial charge in [0.15, 0.2) is 0 Å². The lowest BCUT2D eigenvalue weighted by atomic mass is 10.1. The monoisotopic (exact) mass is 275 g/mol. The summed E-state index contributed by atoms with van der Waals surface area (Å²) in [5, 5.41) is 11.9. The molecule has 1 aromatic rings. The number of benzene rings is 1. The molecule has 1 unspecified atom stereocenters. The van der Waals surface area contributed by atoms with Crippen LogP contribution in [0, 0.1) is 5.92 Å². The van der Waals surface area contributed by atoms with Gasteiger partial charge in [-0.3, -0.25) is 0 Å².